The Morgan fingerprint density at radius 2 is 1.70 bits per heavy atom. The van der Waals surface area contributed by atoms with Crippen molar-refractivity contribution in [1.29, 1.82) is 0 Å². The Bertz CT molecular complexity index is 666. The van der Waals surface area contributed by atoms with Crippen LogP contribution in [0, 0.1) is 13.8 Å². The maximum absolute atomic E-state index is 12.3. The lowest BCUT2D eigenvalue weighted by molar-refractivity contribution is -0.116. The van der Waals surface area contributed by atoms with Crippen molar-refractivity contribution in [2.75, 3.05) is 17.2 Å². The number of hydrogen-bond donors (Lipinski definition) is 2. The fourth-order valence-electron chi connectivity index (χ4n) is 2.20. The van der Waals surface area contributed by atoms with Gasteiger partial charge in [-0.25, -0.2) is 0 Å². The third-order valence-electron chi connectivity index (χ3n) is 3.72. The molecular weight excluding hydrogens is 288 g/mol. The molecule has 0 aliphatic carbocycles. The molecule has 0 bridgehead atoms. The van der Waals surface area contributed by atoms with E-state index in [1.54, 1.807) is 0 Å². The highest BCUT2D eigenvalue weighted by molar-refractivity contribution is 5.96. The predicted molar refractivity (Wildman–Crippen MR) is 95.2 cm³/mol. The number of nitrogens with one attached hydrogen (secondary N) is 2. The molecule has 0 aliphatic heterocycles. The summed E-state index contributed by atoms with van der Waals surface area (Å²) in [7, 11) is 0. The average molecular weight is 312 g/mol. The third-order valence-corrected chi connectivity index (χ3v) is 3.72. The minimum atomic E-state index is -0.330. The van der Waals surface area contributed by atoms with Gasteiger partial charge >= 0.3 is 0 Å². The van der Waals surface area contributed by atoms with Crippen molar-refractivity contribution in [3.05, 3.63) is 53.6 Å². The highest BCUT2D eigenvalue weighted by Gasteiger charge is 2.13. The normalized spacial score (nSPS) is 11.7. The van der Waals surface area contributed by atoms with Crippen LogP contribution in [0.3, 0.4) is 0 Å². The van der Waals surface area contributed by atoms with Gasteiger partial charge in [-0.15, -0.1) is 0 Å². The first-order valence-electron chi connectivity index (χ1n) is 7.87. The highest BCUT2D eigenvalue weighted by Crippen LogP contribution is 2.17. The van der Waals surface area contributed by atoms with E-state index < -0.39 is 0 Å². The molecule has 0 saturated carbocycles. The molecule has 2 aromatic carbocycles. The highest BCUT2D eigenvalue weighted by atomic mass is 16.5. The lowest BCUT2D eigenvalue weighted by atomic mass is 10.1. The summed E-state index contributed by atoms with van der Waals surface area (Å²) in [5.41, 5.74) is 4.14. The van der Waals surface area contributed by atoms with E-state index in [-0.39, 0.29) is 11.9 Å². The lowest BCUT2D eigenvalue weighted by Gasteiger charge is -2.16. The van der Waals surface area contributed by atoms with Gasteiger partial charge in [0.05, 0.1) is 6.61 Å². The van der Waals surface area contributed by atoms with Crippen LogP contribution in [-0.2, 0) is 4.79 Å². The fraction of sp³-hybridized carbons (Fsp3) is 0.316. The zero-order valence-corrected chi connectivity index (χ0v) is 14.1. The molecule has 0 heterocycles. The molecule has 1 amide bonds. The van der Waals surface area contributed by atoms with Gasteiger partial charge in [0.2, 0.25) is 5.91 Å². The molecule has 2 rings (SSSR count). The van der Waals surface area contributed by atoms with Crippen LogP contribution in [0.1, 0.15) is 25.0 Å². The Morgan fingerprint density at radius 3 is 2.30 bits per heavy atom. The van der Waals surface area contributed by atoms with Crippen LogP contribution in [0.15, 0.2) is 42.5 Å². The van der Waals surface area contributed by atoms with Gasteiger partial charge in [0.1, 0.15) is 11.8 Å². The SMILES string of the molecule is CCOc1ccc(NC(=O)C(C)Nc2ccc(C)c(C)c2)cc1. The molecule has 1 unspecified atom stereocenters. The summed E-state index contributed by atoms with van der Waals surface area (Å²) in [6.07, 6.45) is 0. The predicted octanol–water partition coefficient (Wildman–Crippen LogP) is 4.14. The molecule has 122 valence electrons. The van der Waals surface area contributed by atoms with Crippen molar-refractivity contribution in [3.8, 4) is 5.75 Å². The van der Waals surface area contributed by atoms with Crippen LogP contribution in [0.5, 0.6) is 5.75 Å². The molecule has 4 nitrogen and oxygen atoms in total. The molecule has 23 heavy (non-hydrogen) atoms. The number of hydrogen-bond acceptors (Lipinski definition) is 3. The molecule has 1 atom stereocenters. The Kier molecular flexibility index (Phi) is 5.63. The third kappa shape index (κ3) is 4.74. The second-order valence-electron chi connectivity index (χ2n) is 5.61. The summed E-state index contributed by atoms with van der Waals surface area (Å²) in [5, 5.41) is 6.13. The summed E-state index contributed by atoms with van der Waals surface area (Å²) >= 11 is 0. The molecule has 2 N–H and O–H groups in total. The summed E-state index contributed by atoms with van der Waals surface area (Å²) in [6, 6.07) is 13.1. The zero-order chi connectivity index (χ0) is 16.8. The Labute approximate surface area is 137 Å². The number of amides is 1. The van der Waals surface area contributed by atoms with E-state index >= 15 is 0 Å². The fourth-order valence-corrected chi connectivity index (χ4v) is 2.20. The lowest BCUT2D eigenvalue weighted by Crippen LogP contribution is -2.31. The number of ether oxygens (including phenoxy) is 1. The molecule has 0 saturated heterocycles. The molecule has 0 aliphatic rings. The number of benzene rings is 2. The summed E-state index contributed by atoms with van der Waals surface area (Å²) in [5.74, 6) is 0.721. The van der Waals surface area contributed by atoms with Crippen molar-refractivity contribution in [2.45, 2.75) is 33.7 Å². The summed E-state index contributed by atoms with van der Waals surface area (Å²) in [4.78, 5) is 12.3. The largest absolute Gasteiger partial charge is 0.494 e. The number of anilines is 2. The van der Waals surface area contributed by atoms with Gasteiger partial charge < -0.3 is 15.4 Å². The van der Waals surface area contributed by atoms with E-state index in [1.165, 1.54) is 11.1 Å². The molecule has 0 spiro atoms. The maximum atomic E-state index is 12.3. The van der Waals surface area contributed by atoms with Gasteiger partial charge in [-0.05, 0) is 75.2 Å². The first kappa shape index (κ1) is 16.9. The molecule has 4 heteroatoms. The Morgan fingerprint density at radius 1 is 1.04 bits per heavy atom. The first-order valence-corrected chi connectivity index (χ1v) is 7.87. The number of carbonyl (C=O) groups excluding carboxylic acids is 1. The van der Waals surface area contributed by atoms with Crippen molar-refractivity contribution in [3.63, 3.8) is 0 Å². The van der Waals surface area contributed by atoms with Gasteiger partial charge in [0, 0.05) is 11.4 Å². The van der Waals surface area contributed by atoms with Gasteiger partial charge in [0.15, 0.2) is 0 Å². The van der Waals surface area contributed by atoms with Crippen molar-refractivity contribution >= 4 is 17.3 Å². The monoisotopic (exact) mass is 312 g/mol. The van der Waals surface area contributed by atoms with Crippen LogP contribution in [0.4, 0.5) is 11.4 Å². The Hall–Kier alpha value is -2.49. The van der Waals surface area contributed by atoms with Crippen molar-refractivity contribution < 1.29 is 9.53 Å². The second-order valence-corrected chi connectivity index (χ2v) is 5.61. The number of rotatable bonds is 6. The maximum Gasteiger partial charge on any atom is 0.246 e. The first-order chi connectivity index (χ1) is 11.0. The van der Waals surface area contributed by atoms with Crippen LogP contribution in [0.25, 0.3) is 0 Å². The van der Waals surface area contributed by atoms with E-state index in [2.05, 4.69) is 36.6 Å². The van der Waals surface area contributed by atoms with Gasteiger partial charge in [0.25, 0.3) is 0 Å². The van der Waals surface area contributed by atoms with E-state index in [9.17, 15) is 4.79 Å². The quantitative estimate of drug-likeness (QED) is 0.843. The standard InChI is InChI=1S/C19H24N2O2/c1-5-23-18-10-8-16(9-11-18)21-19(22)15(4)20-17-7-6-13(2)14(3)12-17/h6-12,15,20H,5H2,1-4H3,(H,21,22). The number of aryl methyl sites for hydroxylation is 2. The van der Waals surface area contributed by atoms with Gasteiger partial charge in [-0.3, -0.25) is 4.79 Å². The molecule has 2 aromatic rings. The molecule has 0 radical (unpaired) electrons. The van der Waals surface area contributed by atoms with Crippen LogP contribution >= 0.6 is 0 Å². The van der Waals surface area contributed by atoms with Gasteiger partial charge in [-0.2, -0.15) is 0 Å². The van der Waals surface area contributed by atoms with E-state index in [1.807, 2.05) is 44.2 Å². The average Bonchev–Trinajstić information content (AvgIpc) is 2.53. The second kappa shape index (κ2) is 7.68. The molecular formula is C19H24N2O2. The van der Waals surface area contributed by atoms with E-state index in [0.29, 0.717) is 6.61 Å². The van der Waals surface area contributed by atoms with E-state index in [0.717, 1.165) is 17.1 Å². The zero-order valence-electron chi connectivity index (χ0n) is 14.1. The van der Waals surface area contributed by atoms with Crippen LogP contribution in [0.2, 0.25) is 0 Å². The molecule has 0 fully saturated rings. The minimum absolute atomic E-state index is 0.0765. The van der Waals surface area contributed by atoms with Crippen LogP contribution in [-0.4, -0.2) is 18.6 Å². The van der Waals surface area contributed by atoms with Crippen LogP contribution < -0.4 is 15.4 Å². The smallest absolute Gasteiger partial charge is 0.246 e. The summed E-state index contributed by atoms with van der Waals surface area (Å²) in [6.45, 7) is 8.55. The Balaban J connectivity index is 1.95. The minimum Gasteiger partial charge on any atom is -0.494 e. The molecule has 0 aromatic heterocycles. The van der Waals surface area contributed by atoms with Gasteiger partial charge in [-0.1, -0.05) is 6.07 Å². The summed E-state index contributed by atoms with van der Waals surface area (Å²) < 4.78 is 5.39. The van der Waals surface area contributed by atoms with E-state index in [4.69, 9.17) is 4.74 Å². The topological polar surface area (TPSA) is 50.4 Å². The van der Waals surface area contributed by atoms with Crippen molar-refractivity contribution in [1.82, 2.24) is 0 Å². The van der Waals surface area contributed by atoms with Crippen molar-refractivity contribution in [2.24, 2.45) is 0 Å². The number of carbonyl (C=O) groups is 1.